The molecule has 1 fully saturated rings. The Labute approximate surface area is 74.9 Å². The molecule has 0 N–H and O–H groups in total. The molecule has 3 heteroatoms. The third kappa shape index (κ3) is 3.14. The standard InChI is InChI=1S/C8H17ClOSi/c1-8(2)7-11(9)6-4-3-5-10-11/h8H,3-7H2,1-2H3. The van der Waals surface area contributed by atoms with E-state index < -0.39 is 7.63 Å². The molecule has 0 aromatic rings. The summed E-state index contributed by atoms with van der Waals surface area (Å²) in [5.74, 6) is 0.692. The number of hydrogen-bond acceptors (Lipinski definition) is 1. The summed E-state index contributed by atoms with van der Waals surface area (Å²) in [6, 6.07) is 2.28. The molecule has 0 aromatic carbocycles. The number of hydrogen-bond donors (Lipinski definition) is 0. The van der Waals surface area contributed by atoms with Crippen molar-refractivity contribution in [2.75, 3.05) is 6.61 Å². The summed E-state index contributed by atoms with van der Waals surface area (Å²) in [5.41, 5.74) is 0. The van der Waals surface area contributed by atoms with Crippen LogP contribution in [0.4, 0.5) is 0 Å². The molecule has 11 heavy (non-hydrogen) atoms. The van der Waals surface area contributed by atoms with Gasteiger partial charge < -0.3 is 4.43 Å². The third-order valence-electron chi connectivity index (χ3n) is 2.02. The largest absolute Gasteiger partial charge is 0.403 e. The summed E-state index contributed by atoms with van der Waals surface area (Å²) in [7, 11) is -1.73. The molecular formula is C8H17ClOSi. The first kappa shape index (κ1) is 9.55. The van der Waals surface area contributed by atoms with Crippen molar-refractivity contribution in [1.82, 2.24) is 0 Å². The zero-order chi connectivity index (χ0) is 8.32. The van der Waals surface area contributed by atoms with Crippen LogP contribution in [0.2, 0.25) is 12.1 Å². The van der Waals surface area contributed by atoms with Crippen molar-refractivity contribution in [2.24, 2.45) is 5.92 Å². The molecule has 1 unspecified atom stereocenters. The highest BCUT2D eigenvalue weighted by atomic mass is 35.6. The van der Waals surface area contributed by atoms with Crippen molar-refractivity contribution in [3.63, 3.8) is 0 Å². The van der Waals surface area contributed by atoms with Crippen LogP contribution in [0.25, 0.3) is 0 Å². The second kappa shape index (κ2) is 3.92. The smallest absolute Gasteiger partial charge is 0.290 e. The molecule has 1 aliphatic heterocycles. The average Bonchev–Trinajstić information content (AvgIpc) is 1.85. The molecule has 0 aliphatic carbocycles. The third-order valence-corrected chi connectivity index (χ3v) is 6.62. The Morgan fingerprint density at radius 1 is 1.45 bits per heavy atom. The van der Waals surface area contributed by atoms with Crippen molar-refractivity contribution in [3.05, 3.63) is 0 Å². The van der Waals surface area contributed by atoms with Gasteiger partial charge in [0.25, 0.3) is 7.63 Å². The molecule has 1 aliphatic rings. The Balaban J connectivity index is 2.37. The molecule has 0 bridgehead atoms. The van der Waals surface area contributed by atoms with Gasteiger partial charge >= 0.3 is 0 Å². The molecule has 0 aromatic heterocycles. The zero-order valence-corrected chi connectivity index (χ0v) is 9.16. The van der Waals surface area contributed by atoms with E-state index in [1.165, 1.54) is 12.8 Å². The van der Waals surface area contributed by atoms with Crippen molar-refractivity contribution >= 4 is 18.7 Å². The first-order valence-corrected chi connectivity index (χ1v) is 7.79. The van der Waals surface area contributed by atoms with E-state index in [2.05, 4.69) is 13.8 Å². The maximum Gasteiger partial charge on any atom is 0.290 e. The second-order valence-corrected chi connectivity index (χ2v) is 8.82. The van der Waals surface area contributed by atoms with Gasteiger partial charge in [0.2, 0.25) is 0 Å². The Kier molecular flexibility index (Phi) is 3.41. The van der Waals surface area contributed by atoms with Crippen molar-refractivity contribution in [1.29, 1.82) is 0 Å². The van der Waals surface area contributed by atoms with E-state index in [1.54, 1.807) is 0 Å². The lowest BCUT2D eigenvalue weighted by atomic mass is 10.3. The number of rotatable bonds is 2. The van der Waals surface area contributed by atoms with Crippen LogP contribution in [0.15, 0.2) is 0 Å². The highest BCUT2D eigenvalue weighted by molar-refractivity contribution is 7.16. The van der Waals surface area contributed by atoms with Crippen LogP contribution in [0.5, 0.6) is 0 Å². The fourth-order valence-corrected chi connectivity index (χ4v) is 6.12. The molecule has 1 rings (SSSR count). The maximum atomic E-state index is 6.39. The number of halogens is 1. The van der Waals surface area contributed by atoms with E-state index in [0.717, 1.165) is 18.7 Å². The predicted octanol–water partition coefficient (Wildman–Crippen LogP) is 3.13. The molecule has 0 radical (unpaired) electrons. The first-order chi connectivity index (χ1) is 5.12. The Bertz CT molecular complexity index is 121. The van der Waals surface area contributed by atoms with E-state index in [9.17, 15) is 0 Å². The molecule has 1 heterocycles. The fourth-order valence-electron chi connectivity index (χ4n) is 1.59. The topological polar surface area (TPSA) is 9.23 Å². The van der Waals surface area contributed by atoms with Crippen LogP contribution in [-0.2, 0) is 4.43 Å². The lowest BCUT2D eigenvalue weighted by Crippen LogP contribution is -2.36. The first-order valence-electron chi connectivity index (χ1n) is 4.45. The van der Waals surface area contributed by atoms with E-state index in [0.29, 0.717) is 5.92 Å². The summed E-state index contributed by atoms with van der Waals surface area (Å²) >= 11 is 6.39. The van der Waals surface area contributed by atoms with E-state index in [4.69, 9.17) is 15.5 Å². The Hall–Kier alpha value is 0.467. The van der Waals surface area contributed by atoms with Gasteiger partial charge in [0.05, 0.1) is 0 Å². The van der Waals surface area contributed by atoms with Gasteiger partial charge in [-0.25, -0.2) is 0 Å². The van der Waals surface area contributed by atoms with E-state index in [1.807, 2.05) is 0 Å². The minimum absolute atomic E-state index is 0.692. The van der Waals surface area contributed by atoms with Crippen molar-refractivity contribution in [3.8, 4) is 0 Å². The van der Waals surface area contributed by atoms with Gasteiger partial charge in [-0.1, -0.05) is 20.3 Å². The van der Waals surface area contributed by atoms with Gasteiger partial charge in [0, 0.05) is 6.61 Å². The average molecular weight is 193 g/mol. The van der Waals surface area contributed by atoms with Gasteiger partial charge in [-0.3, -0.25) is 0 Å². The lowest BCUT2D eigenvalue weighted by Gasteiger charge is -2.30. The Morgan fingerprint density at radius 3 is 2.64 bits per heavy atom. The fraction of sp³-hybridized carbons (Fsp3) is 1.00. The zero-order valence-electron chi connectivity index (χ0n) is 7.40. The van der Waals surface area contributed by atoms with Crippen LogP contribution in [-0.4, -0.2) is 14.2 Å². The van der Waals surface area contributed by atoms with Crippen molar-refractivity contribution < 1.29 is 4.43 Å². The van der Waals surface area contributed by atoms with Crippen LogP contribution >= 0.6 is 11.1 Å². The van der Waals surface area contributed by atoms with Gasteiger partial charge in [0.1, 0.15) is 0 Å². The van der Waals surface area contributed by atoms with Gasteiger partial charge in [-0.05, 0) is 24.4 Å². The minimum atomic E-state index is -1.73. The molecule has 0 spiro atoms. The molecule has 1 nitrogen and oxygen atoms in total. The quantitative estimate of drug-likeness (QED) is 0.483. The van der Waals surface area contributed by atoms with Crippen LogP contribution in [0.1, 0.15) is 26.7 Å². The van der Waals surface area contributed by atoms with E-state index in [-0.39, 0.29) is 0 Å². The molecule has 1 atom stereocenters. The maximum absolute atomic E-state index is 6.39. The minimum Gasteiger partial charge on any atom is -0.403 e. The molecular weight excluding hydrogens is 176 g/mol. The van der Waals surface area contributed by atoms with Crippen molar-refractivity contribution in [2.45, 2.75) is 38.8 Å². The summed E-state index contributed by atoms with van der Waals surface area (Å²) in [6.07, 6.45) is 2.49. The molecule has 0 saturated carbocycles. The lowest BCUT2D eigenvalue weighted by molar-refractivity contribution is 0.276. The molecule has 66 valence electrons. The summed E-state index contributed by atoms with van der Waals surface area (Å²) < 4.78 is 5.68. The Morgan fingerprint density at radius 2 is 2.18 bits per heavy atom. The monoisotopic (exact) mass is 192 g/mol. The highest BCUT2D eigenvalue weighted by Gasteiger charge is 2.35. The van der Waals surface area contributed by atoms with Gasteiger partial charge in [-0.2, -0.15) is 0 Å². The van der Waals surface area contributed by atoms with E-state index >= 15 is 0 Å². The summed E-state index contributed by atoms with van der Waals surface area (Å²) in [6.45, 7) is 5.34. The second-order valence-electron chi connectivity index (χ2n) is 3.79. The summed E-state index contributed by atoms with van der Waals surface area (Å²) in [5, 5.41) is 0. The SMILES string of the molecule is CC(C)C[Si]1(Cl)CCCCO1. The molecule has 0 amide bonds. The highest BCUT2D eigenvalue weighted by Crippen LogP contribution is 2.31. The van der Waals surface area contributed by atoms with Gasteiger partial charge in [0.15, 0.2) is 0 Å². The molecule has 1 saturated heterocycles. The van der Waals surface area contributed by atoms with Crippen LogP contribution in [0.3, 0.4) is 0 Å². The normalized spacial score (nSPS) is 32.7. The van der Waals surface area contributed by atoms with Crippen LogP contribution < -0.4 is 0 Å². The summed E-state index contributed by atoms with van der Waals surface area (Å²) in [4.78, 5) is 0. The predicted molar refractivity (Wildman–Crippen MR) is 51.2 cm³/mol. The van der Waals surface area contributed by atoms with Gasteiger partial charge in [-0.15, -0.1) is 11.1 Å². The van der Waals surface area contributed by atoms with Crippen LogP contribution in [0, 0.1) is 5.92 Å².